The molecule has 0 N–H and O–H groups in total. The lowest BCUT2D eigenvalue weighted by Crippen LogP contribution is -2.52. The number of piperidine rings is 1. The van der Waals surface area contributed by atoms with E-state index in [9.17, 15) is 18.0 Å². The second kappa shape index (κ2) is 11.2. The van der Waals surface area contributed by atoms with Gasteiger partial charge in [-0.15, -0.1) is 0 Å². The van der Waals surface area contributed by atoms with Gasteiger partial charge in [0.15, 0.2) is 0 Å². The highest BCUT2D eigenvalue weighted by Crippen LogP contribution is 2.28. The van der Waals surface area contributed by atoms with E-state index in [1.807, 2.05) is 4.90 Å². The van der Waals surface area contributed by atoms with Crippen LogP contribution in [0.15, 0.2) is 29.2 Å². The molecule has 2 heterocycles. The van der Waals surface area contributed by atoms with Crippen molar-refractivity contribution in [1.82, 2.24) is 14.1 Å². The predicted molar refractivity (Wildman–Crippen MR) is 129 cm³/mol. The monoisotopic (exact) mass is 491 g/mol. The fourth-order valence-corrected chi connectivity index (χ4v) is 7.25. The first-order valence-corrected chi connectivity index (χ1v) is 14.0. The van der Waals surface area contributed by atoms with Crippen molar-refractivity contribution in [3.8, 4) is 0 Å². The zero-order valence-corrected chi connectivity index (χ0v) is 21.0. The molecular weight excluding hydrogens is 454 g/mol. The van der Waals surface area contributed by atoms with E-state index in [0.29, 0.717) is 12.8 Å². The largest absolute Gasteiger partial charge is 0.465 e. The van der Waals surface area contributed by atoms with Gasteiger partial charge in [-0.2, -0.15) is 4.31 Å². The van der Waals surface area contributed by atoms with Crippen LogP contribution in [0, 0.1) is 11.8 Å². The number of hydrogen-bond acceptors (Lipinski definition) is 6. The van der Waals surface area contributed by atoms with Gasteiger partial charge in [-0.3, -0.25) is 9.69 Å². The Balaban J connectivity index is 1.29. The van der Waals surface area contributed by atoms with E-state index >= 15 is 0 Å². The summed E-state index contributed by atoms with van der Waals surface area (Å²) in [5.41, 5.74) is 0.0364. The molecule has 0 spiro atoms. The van der Waals surface area contributed by atoms with Crippen LogP contribution in [0.4, 0.5) is 0 Å². The third-order valence-corrected chi connectivity index (χ3v) is 9.60. The van der Waals surface area contributed by atoms with E-state index in [1.54, 1.807) is 12.1 Å². The maximum Gasteiger partial charge on any atom is 0.339 e. The van der Waals surface area contributed by atoms with Crippen molar-refractivity contribution in [3.05, 3.63) is 29.8 Å². The molecule has 188 valence electrons. The molecule has 0 radical (unpaired) electrons. The SMILES string of the molecule is COC(=O)c1ccccc1S(=O)(=O)N1CCC(C(=O)N2CCN(CC3CCCCC3)CC2)CC1. The van der Waals surface area contributed by atoms with Gasteiger partial charge >= 0.3 is 5.97 Å². The normalized spacial score (nSPS) is 22.0. The summed E-state index contributed by atoms with van der Waals surface area (Å²) in [4.78, 5) is 29.6. The molecule has 0 bridgehead atoms. The maximum absolute atomic E-state index is 13.2. The van der Waals surface area contributed by atoms with Crippen molar-refractivity contribution in [2.75, 3.05) is 52.9 Å². The first-order chi connectivity index (χ1) is 16.4. The highest BCUT2D eigenvalue weighted by atomic mass is 32.2. The molecule has 2 saturated heterocycles. The van der Waals surface area contributed by atoms with E-state index in [2.05, 4.69) is 4.90 Å². The number of methoxy groups -OCH3 is 1. The molecule has 1 saturated carbocycles. The first-order valence-electron chi connectivity index (χ1n) is 12.6. The van der Waals surface area contributed by atoms with Crippen LogP contribution in [0.5, 0.6) is 0 Å². The highest BCUT2D eigenvalue weighted by molar-refractivity contribution is 7.89. The lowest BCUT2D eigenvalue weighted by atomic mass is 9.89. The Morgan fingerprint density at radius 2 is 1.56 bits per heavy atom. The van der Waals surface area contributed by atoms with Gasteiger partial charge in [-0.05, 0) is 43.7 Å². The van der Waals surface area contributed by atoms with Crippen LogP contribution in [0.25, 0.3) is 0 Å². The van der Waals surface area contributed by atoms with Crippen LogP contribution in [0.2, 0.25) is 0 Å². The number of amides is 1. The van der Waals surface area contributed by atoms with Crippen LogP contribution in [0.1, 0.15) is 55.3 Å². The van der Waals surface area contributed by atoms with Crippen molar-refractivity contribution in [2.45, 2.75) is 49.8 Å². The quantitative estimate of drug-likeness (QED) is 0.569. The summed E-state index contributed by atoms with van der Waals surface area (Å²) in [5, 5.41) is 0. The van der Waals surface area contributed by atoms with Gasteiger partial charge in [0, 0.05) is 51.7 Å². The second-order valence-corrected chi connectivity index (χ2v) is 11.7. The molecule has 1 aliphatic carbocycles. The van der Waals surface area contributed by atoms with Gasteiger partial charge in [0.2, 0.25) is 15.9 Å². The summed E-state index contributed by atoms with van der Waals surface area (Å²) in [5.74, 6) is 0.148. The lowest BCUT2D eigenvalue weighted by molar-refractivity contribution is -0.138. The number of hydrogen-bond donors (Lipinski definition) is 0. The fraction of sp³-hybridized carbons (Fsp3) is 0.680. The zero-order chi connectivity index (χ0) is 24.1. The molecule has 1 aromatic carbocycles. The summed E-state index contributed by atoms with van der Waals surface area (Å²) in [6.07, 6.45) is 7.76. The average Bonchev–Trinajstić information content (AvgIpc) is 2.89. The lowest BCUT2D eigenvalue weighted by Gasteiger charge is -2.39. The smallest absolute Gasteiger partial charge is 0.339 e. The minimum atomic E-state index is -3.84. The molecule has 0 atom stereocenters. The molecule has 3 aliphatic rings. The number of benzene rings is 1. The third-order valence-electron chi connectivity index (χ3n) is 7.64. The standard InChI is InChI=1S/C25H37N3O5S/c1-33-25(30)22-9-5-6-10-23(22)34(31,32)28-13-11-21(12-14-28)24(29)27-17-15-26(16-18-27)19-20-7-3-2-4-8-20/h5-6,9-10,20-21H,2-4,7-8,11-19H2,1H3. The van der Waals surface area contributed by atoms with Gasteiger partial charge in [0.1, 0.15) is 0 Å². The van der Waals surface area contributed by atoms with E-state index in [-0.39, 0.29) is 35.4 Å². The van der Waals surface area contributed by atoms with E-state index < -0.39 is 16.0 Å². The fourth-order valence-electron chi connectivity index (χ4n) is 5.60. The summed E-state index contributed by atoms with van der Waals surface area (Å²) in [7, 11) is -2.61. The van der Waals surface area contributed by atoms with Crippen LogP contribution in [-0.4, -0.2) is 87.3 Å². The highest BCUT2D eigenvalue weighted by Gasteiger charge is 2.36. The van der Waals surface area contributed by atoms with Crippen molar-refractivity contribution in [2.24, 2.45) is 11.8 Å². The molecule has 2 aliphatic heterocycles. The van der Waals surface area contributed by atoms with Crippen molar-refractivity contribution < 1.29 is 22.7 Å². The summed E-state index contributed by atoms with van der Waals surface area (Å²) >= 11 is 0. The van der Waals surface area contributed by atoms with E-state index in [1.165, 1.54) is 55.7 Å². The van der Waals surface area contributed by atoms with Gasteiger partial charge in [0.05, 0.1) is 17.6 Å². The Morgan fingerprint density at radius 3 is 2.21 bits per heavy atom. The van der Waals surface area contributed by atoms with Crippen LogP contribution in [-0.2, 0) is 19.6 Å². The molecule has 9 heteroatoms. The van der Waals surface area contributed by atoms with Gasteiger partial charge in [-0.25, -0.2) is 13.2 Å². The number of ether oxygens (including phenoxy) is 1. The van der Waals surface area contributed by atoms with Crippen molar-refractivity contribution in [3.63, 3.8) is 0 Å². The van der Waals surface area contributed by atoms with Gasteiger partial charge < -0.3 is 9.64 Å². The number of rotatable bonds is 6. The molecule has 1 aromatic rings. The summed E-state index contributed by atoms with van der Waals surface area (Å²) < 4.78 is 32.6. The van der Waals surface area contributed by atoms with E-state index in [4.69, 9.17) is 4.74 Å². The summed E-state index contributed by atoms with van der Waals surface area (Å²) in [6.45, 7) is 5.09. The molecule has 1 amide bonds. The Kier molecular flexibility index (Phi) is 8.26. The number of carbonyl (C=O) groups is 2. The minimum Gasteiger partial charge on any atom is -0.465 e. The topological polar surface area (TPSA) is 87.2 Å². The van der Waals surface area contributed by atoms with Crippen molar-refractivity contribution in [1.29, 1.82) is 0 Å². The third kappa shape index (κ3) is 5.63. The van der Waals surface area contributed by atoms with E-state index in [0.717, 1.165) is 38.6 Å². The molecular formula is C25H37N3O5S. The first kappa shape index (κ1) is 25.1. The van der Waals surface area contributed by atoms with Gasteiger partial charge in [-0.1, -0.05) is 31.4 Å². The Morgan fingerprint density at radius 1 is 0.912 bits per heavy atom. The van der Waals surface area contributed by atoms with Crippen LogP contribution in [0.3, 0.4) is 0 Å². The maximum atomic E-state index is 13.2. The van der Waals surface area contributed by atoms with Crippen molar-refractivity contribution >= 4 is 21.9 Å². The second-order valence-electron chi connectivity index (χ2n) is 9.80. The number of carbonyl (C=O) groups excluding carboxylic acids is 2. The summed E-state index contributed by atoms with van der Waals surface area (Å²) in [6, 6.07) is 6.11. The number of sulfonamides is 1. The molecule has 0 unspecified atom stereocenters. The average molecular weight is 492 g/mol. The minimum absolute atomic E-state index is 0.0364. The molecule has 4 rings (SSSR count). The Hall–Kier alpha value is -1.97. The Bertz CT molecular complexity index is 961. The molecule has 0 aromatic heterocycles. The zero-order valence-electron chi connectivity index (χ0n) is 20.2. The van der Waals surface area contributed by atoms with Crippen LogP contribution < -0.4 is 0 Å². The molecule has 34 heavy (non-hydrogen) atoms. The molecule has 3 fully saturated rings. The van der Waals surface area contributed by atoms with Gasteiger partial charge in [0.25, 0.3) is 0 Å². The number of piperazine rings is 1. The number of esters is 1. The van der Waals surface area contributed by atoms with Crippen LogP contribution >= 0.6 is 0 Å². The number of nitrogens with zero attached hydrogens (tertiary/aromatic N) is 3. The predicted octanol–water partition coefficient (Wildman–Crippen LogP) is 2.60. The Labute approximate surface area is 203 Å². The molecule has 8 nitrogen and oxygen atoms in total.